The lowest BCUT2D eigenvalue weighted by Crippen LogP contribution is -2.32. The van der Waals surface area contributed by atoms with Crippen LogP contribution < -0.4 is 10.0 Å². The summed E-state index contributed by atoms with van der Waals surface area (Å²) in [6.45, 7) is 4.85. The number of nitrogens with one attached hydrogen (secondary N) is 3. The van der Waals surface area contributed by atoms with E-state index in [1.807, 2.05) is 31.2 Å². The van der Waals surface area contributed by atoms with Crippen molar-refractivity contribution < 1.29 is 17.7 Å². The molecule has 3 aromatic rings. The predicted octanol–water partition coefficient (Wildman–Crippen LogP) is 1.71. The normalized spacial score (nSPS) is 13.0. The van der Waals surface area contributed by atoms with E-state index in [-0.39, 0.29) is 41.3 Å². The van der Waals surface area contributed by atoms with Crippen LogP contribution in [0.2, 0.25) is 0 Å². The lowest BCUT2D eigenvalue weighted by molar-refractivity contribution is -0.121. The third-order valence-electron chi connectivity index (χ3n) is 4.08. The molecule has 1 aromatic carbocycles. The number of amides is 1. The second-order valence-electron chi connectivity index (χ2n) is 6.23. The van der Waals surface area contributed by atoms with Gasteiger partial charge in [0.2, 0.25) is 15.9 Å². The van der Waals surface area contributed by atoms with Gasteiger partial charge < -0.3 is 14.8 Å². The molecule has 0 saturated heterocycles. The van der Waals surface area contributed by atoms with Crippen molar-refractivity contribution in [1.82, 2.24) is 25.2 Å². The van der Waals surface area contributed by atoms with E-state index < -0.39 is 10.0 Å². The van der Waals surface area contributed by atoms with Gasteiger partial charge in [0.05, 0.1) is 17.1 Å². The Morgan fingerprint density at radius 3 is 2.70 bits per heavy atom. The Hall–Kier alpha value is -2.72. The summed E-state index contributed by atoms with van der Waals surface area (Å²) >= 11 is 0. The van der Waals surface area contributed by atoms with Crippen molar-refractivity contribution in [3.63, 3.8) is 0 Å². The van der Waals surface area contributed by atoms with Crippen molar-refractivity contribution in [2.45, 2.75) is 38.1 Å². The first-order chi connectivity index (χ1) is 12.8. The molecule has 0 radical (unpaired) electrons. The molecule has 1 unspecified atom stereocenters. The van der Waals surface area contributed by atoms with Crippen LogP contribution in [0.4, 0.5) is 0 Å². The topological polar surface area (TPSA) is 130 Å². The van der Waals surface area contributed by atoms with Gasteiger partial charge in [0.1, 0.15) is 16.4 Å². The molecular formula is C17H21N5O4S. The maximum atomic E-state index is 12.3. The monoisotopic (exact) mass is 391 g/mol. The number of hydrogen-bond acceptors (Lipinski definition) is 6. The maximum Gasteiger partial charge on any atom is 0.245 e. The van der Waals surface area contributed by atoms with Crippen molar-refractivity contribution >= 4 is 27.0 Å². The number of H-pyrrole nitrogens is 1. The van der Waals surface area contributed by atoms with Crippen LogP contribution in [0.1, 0.15) is 36.7 Å². The van der Waals surface area contributed by atoms with Crippen LogP contribution in [0.3, 0.4) is 0 Å². The smallest absolute Gasteiger partial charge is 0.245 e. The average Bonchev–Trinajstić information content (AvgIpc) is 3.18. The van der Waals surface area contributed by atoms with E-state index in [1.165, 1.54) is 6.92 Å². The highest BCUT2D eigenvalue weighted by Crippen LogP contribution is 2.18. The van der Waals surface area contributed by atoms with Crippen LogP contribution in [0.25, 0.3) is 11.0 Å². The molecular weight excluding hydrogens is 370 g/mol. The van der Waals surface area contributed by atoms with Crippen LogP contribution in [0.15, 0.2) is 33.7 Å². The summed E-state index contributed by atoms with van der Waals surface area (Å²) in [4.78, 5) is 19.7. The Labute approximate surface area is 156 Å². The fourth-order valence-corrected chi connectivity index (χ4v) is 4.15. The minimum atomic E-state index is -3.78. The van der Waals surface area contributed by atoms with Gasteiger partial charge >= 0.3 is 0 Å². The zero-order valence-electron chi connectivity index (χ0n) is 15.2. The minimum absolute atomic E-state index is 0.00677. The van der Waals surface area contributed by atoms with Crippen LogP contribution in [-0.2, 0) is 14.8 Å². The standard InChI is InChI=1S/C17H21N5O4S/c1-10-16(12(3)26-22-10)27(24,25)18-9-8-15(23)19-11(2)17-20-13-6-4-5-7-14(13)21-17/h4-7,11,18H,8-9H2,1-3H3,(H,19,23)(H,20,21). The first kappa shape index (κ1) is 19.1. The number of benzene rings is 1. The highest BCUT2D eigenvalue weighted by Gasteiger charge is 2.24. The summed E-state index contributed by atoms with van der Waals surface area (Å²) in [6, 6.07) is 7.25. The van der Waals surface area contributed by atoms with Gasteiger partial charge in [-0.1, -0.05) is 17.3 Å². The summed E-state index contributed by atoms with van der Waals surface area (Å²) in [5.41, 5.74) is 1.99. The van der Waals surface area contributed by atoms with Gasteiger partial charge in [-0.3, -0.25) is 4.79 Å². The molecule has 10 heteroatoms. The molecule has 144 valence electrons. The Morgan fingerprint density at radius 1 is 1.30 bits per heavy atom. The van der Waals surface area contributed by atoms with Gasteiger partial charge in [0.25, 0.3) is 0 Å². The van der Waals surface area contributed by atoms with Crippen LogP contribution >= 0.6 is 0 Å². The molecule has 2 heterocycles. The van der Waals surface area contributed by atoms with E-state index >= 15 is 0 Å². The molecule has 1 atom stereocenters. The van der Waals surface area contributed by atoms with E-state index in [4.69, 9.17) is 4.52 Å². The molecule has 0 saturated carbocycles. The number of rotatable bonds is 7. The zero-order valence-corrected chi connectivity index (χ0v) is 16.1. The largest absolute Gasteiger partial charge is 0.360 e. The quantitative estimate of drug-likeness (QED) is 0.562. The molecule has 0 aliphatic rings. The fraction of sp³-hybridized carbons (Fsp3) is 0.353. The van der Waals surface area contributed by atoms with Crippen LogP contribution in [0, 0.1) is 13.8 Å². The van der Waals surface area contributed by atoms with Crippen molar-refractivity contribution in [3.05, 3.63) is 41.5 Å². The number of carbonyl (C=O) groups excluding carboxylic acids is 1. The maximum absolute atomic E-state index is 12.3. The van der Waals surface area contributed by atoms with Crippen molar-refractivity contribution in [3.8, 4) is 0 Å². The summed E-state index contributed by atoms with van der Waals surface area (Å²) < 4.78 is 31.9. The van der Waals surface area contributed by atoms with Crippen LogP contribution in [-0.4, -0.2) is 36.0 Å². The highest BCUT2D eigenvalue weighted by molar-refractivity contribution is 7.89. The first-order valence-corrected chi connectivity index (χ1v) is 9.93. The Bertz CT molecular complexity index is 1020. The fourth-order valence-electron chi connectivity index (χ4n) is 2.79. The number of carbonyl (C=O) groups is 1. The number of sulfonamides is 1. The number of fused-ring (bicyclic) bond motifs is 1. The number of aromatic nitrogens is 3. The molecule has 27 heavy (non-hydrogen) atoms. The molecule has 3 rings (SSSR count). The highest BCUT2D eigenvalue weighted by atomic mass is 32.2. The average molecular weight is 391 g/mol. The predicted molar refractivity (Wildman–Crippen MR) is 98.4 cm³/mol. The van der Waals surface area contributed by atoms with E-state index in [0.29, 0.717) is 5.82 Å². The van der Waals surface area contributed by atoms with E-state index in [9.17, 15) is 13.2 Å². The van der Waals surface area contributed by atoms with Gasteiger partial charge in [0, 0.05) is 13.0 Å². The summed E-state index contributed by atoms with van der Waals surface area (Å²) in [5.74, 6) is 0.563. The van der Waals surface area contributed by atoms with Crippen molar-refractivity contribution in [1.29, 1.82) is 0 Å². The summed E-state index contributed by atoms with van der Waals surface area (Å²) in [6.07, 6.45) is -0.00677. The molecule has 2 aromatic heterocycles. The number of para-hydroxylation sites is 2. The minimum Gasteiger partial charge on any atom is -0.360 e. The first-order valence-electron chi connectivity index (χ1n) is 8.44. The van der Waals surface area contributed by atoms with Gasteiger partial charge in [-0.15, -0.1) is 0 Å². The van der Waals surface area contributed by atoms with E-state index in [2.05, 4.69) is 25.2 Å². The molecule has 0 fully saturated rings. The van der Waals surface area contributed by atoms with E-state index in [0.717, 1.165) is 11.0 Å². The van der Waals surface area contributed by atoms with Crippen molar-refractivity contribution in [2.24, 2.45) is 0 Å². The number of aromatic amines is 1. The Kier molecular flexibility index (Phi) is 5.29. The molecule has 0 aliphatic heterocycles. The van der Waals surface area contributed by atoms with Gasteiger partial charge in [-0.25, -0.2) is 18.1 Å². The van der Waals surface area contributed by atoms with Gasteiger partial charge in [-0.05, 0) is 32.9 Å². The number of hydrogen-bond donors (Lipinski definition) is 3. The lowest BCUT2D eigenvalue weighted by Gasteiger charge is -2.12. The second kappa shape index (κ2) is 7.49. The summed E-state index contributed by atoms with van der Waals surface area (Å²) in [7, 11) is -3.78. The number of aryl methyl sites for hydroxylation is 2. The Balaban J connectivity index is 1.55. The third-order valence-corrected chi connectivity index (χ3v) is 5.78. The Morgan fingerprint density at radius 2 is 2.04 bits per heavy atom. The number of imidazole rings is 1. The third kappa shape index (κ3) is 4.17. The van der Waals surface area contributed by atoms with Gasteiger partial charge in [-0.2, -0.15) is 0 Å². The second-order valence-corrected chi connectivity index (χ2v) is 7.93. The molecule has 0 spiro atoms. The summed E-state index contributed by atoms with van der Waals surface area (Å²) in [5, 5.41) is 6.44. The SMILES string of the molecule is Cc1noc(C)c1S(=O)(=O)NCCC(=O)NC(C)c1nc2ccccc2[nH]1. The number of nitrogens with zero attached hydrogens (tertiary/aromatic N) is 2. The molecule has 0 aliphatic carbocycles. The molecule has 3 N–H and O–H groups in total. The molecule has 1 amide bonds. The lowest BCUT2D eigenvalue weighted by atomic mass is 10.3. The van der Waals surface area contributed by atoms with E-state index in [1.54, 1.807) is 6.92 Å². The van der Waals surface area contributed by atoms with Crippen LogP contribution in [0.5, 0.6) is 0 Å². The zero-order chi connectivity index (χ0) is 19.6. The van der Waals surface area contributed by atoms with Gasteiger partial charge in [0.15, 0.2) is 5.76 Å². The molecule has 0 bridgehead atoms. The van der Waals surface area contributed by atoms with Crippen molar-refractivity contribution in [2.75, 3.05) is 6.54 Å². The molecule has 9 nitrogen and oxygen atoms in total.